The first-order valence-electron chi connectivity index (χ1n) is 8.54. The van der Waals surface area contributed by atoms with Crippen LogP contribution in [0.15, 0.2) is 72.8 Å². The van der Waals surface area contributed by atoms with Crippen LogP contribution in [0, 0.1) is 10.1 Å². The quantitative estimate of drug-likeness (QED) is 0.374. The van der Waals surface area contributed by atoms with Crippen molar-refractivity contribution in [1.82, 2.24) is 0 Å². The van der Waals surface area contributed by atoms with E-state index in [-0.39, 0.29) is 22.7 Å². The molecule has 0 bridgehead atoms. The molecule has 0 radical (unpaired) electrons. The minimum absolute atomic E-state index is 0.0248. The molecule has 8 heteroatoms. The Balaban J connectivity index is 1.58. The lowest BCUT2D eigenvalue weighted by atomic mass is 10.0. The smallest absolute Gasteiger partial charge is 0.338 e. The average Bonchev–Trinajstić information content (AvgIpc) is 2.73. The molecule has 146 valence electrons. The largest absolute Gasteiger partial charge is 0.508 e. The Bertz CT molecular complexity index is 1050. The van der Waals surface area contributed by atoms with Crippen molar-refractivity contribution in [3.8, 4) is 16.9 Å². The number of rotatable bonds is 6. The molecule has 0 spiro atoms. The summed E-state index contributed by atoms with van der Waals surface area (Å²) >= 11 is 0. The van der Waals surface area contributed by atoms with Gasteiger partial charge < -0.3 is 15.2 Å². The minimum atomic E-state index is -0.694. The van der Waals surface area contributed by atoms with Gasteiger partial charge in [-0.15, -0.1) is 0 Å². The van der Waals surface area contributed by atoms with Crippen LogP contribution in [0.5, 0.6) is 5.75 Å². The maximum Gasteiger partial charge on any atom is 0.338 e. The second-order valence-corrected chi connectivity index (χ2v) is 6.02. The average molecular weight is 392 g/mol. The van der Waals surface area contributed by atoms with Crippen LogP contribution >= 0.6 is 0 Å². The molecule has 3 aromatic carbocycles. The van der Waals surface area contributed by atoms with E-state index in [9.17, 15) is 24.8 Å². The van der Waals surface area contributed by atoms with Crippen molar-refractivity contribution in [3.63, 3.8) is 0 Å². The van der Waals surface area contributed by atoms with E-state index in [1.807, 2.05) is 0 Å². The van der Waals surface area contributed by atoms with Gasteiger partial charge in [-0.05, 0) is 41.5 Å². The lowest BCUT2D eigenvalue weighted by Gasteiger charge is -2.08. The molecule has 1 amide bonds. The van der Waals surface area contributed by atoms with Gasteiger partial charge in [0.15, 0.2) is 6.61 Å². The van der Waals surface area contributed by atoms with Gasteiger partial charge in [0, 0.05) is 6.07 Å². The van der Waals surface area contributed by atoms with E-state index in [2.05, 4.69) is 5.32 Å². The number of hydrogen-bond donors (Lipinski definition) is 2. The van der Waals surface area contributed by atoms with Crippen LogP contribution in [0.25, 0.3) is 11.1 Å². The Hall–Kier alpha value is -4.20. The summed E-state index contributed by atoms with van der Waals surface area (Å²) in [5, 5.41) is 22.6. The fourth-order valence-electron chi connectivity index (χ4n) is 2.59. The molecule has 0 atom stereocenters. The van der Waals surface area contributed by atoms with Gasteiger partial charge in [0.1, 0.15) is 11.4 Å². The molecule has 0 aliphatic rings. The first-order chi connectivity index (χ1) is 13.9. The Morgan fingerprint density at radius 2 is 1.52 bits per heavy atom. The first kappa shape index (κ1) is 19.6. The van der Waals surface area contributed by atoms with Crippen LogP contribution < -0.4 is 5.32 Å². The zero-order valence-corrected chi connectivity index (χ0v) is 15.1. The number of phenolic OH excluding ortho intramolecular Hbond substituents is 1. The van der Waals surface area contributed by atoms with Crippen molar-refractivity contribution in [2.24, 2.45) is 0 Å². The molecule has 0 unspecified atom stereocenters. The number of carbonyl (C=O) groups excluding carboxylic acids is 2. The second kappa shape index (κ2) is 8.66. The molecular formula is C21H16N2O6. The van der Waals surface area contributed by atoms with Crippen molar-refractivity contribution in [2.75, 3.05) is 11.9 Å². The highest BCUT2D eigenvalue weighted by molar-refractivity contribution is 5.97. The van der Waals surface area contributed by atoms with Crippen LogP contribution in [0.2, 0.25) is 0 Å². The number of hydrogen-bond acceptors (Lipinski definition) is 6. The van der Waals surface area contributed by atoms with E-state index in [0.717, 1.165) is 11.1 Å². The number of amides is 1. The first-order valence-corrected chi connectivity index (χ1v) is 8.54. The third-order valence-electron chi connectivity index (χ3n) is 4.03. The molecule has 0 aliphatic heterocycles. The van der Waals surface area contributed by atoms with Crippen LogP contribution in [0.4, 0.5) is 11.4 Å². The molecule has 0 aromatic heterocycles. The molecule has 29 heavy (non-hydrogen) atoms. The van der Waals surface area contributed by atoms with Crippen molar-refractivity contribution < 1.29 is 24.4 Å². The van der Waals surface area contributed by atoms with Gasteiger partial charge >= 0.3 is 5.97 Å². The third kappa shape index (κ3) is 4.95. The zero-order chi connectivity index (χ0) is 20.8. The maximum atomic E-state index is 12.1. The monoisotopic (exact) mass is 392 g/mol. The minimum Gasteiger partial charge on any atom is -0.508 e. The summed E-state index contributed by atoms with van der Waals surface area (Å²) in [4.78, 5) is 34.4. The number of aromatic hydroxyl groups is 1. The molecular weight excluding hydrogens is 376 g/mol. The normalized spacial score (nSPS) is 10.2. The molecule has 3 rings (SSSR count). The number of nitrogens with zero attached hydrogens (tertiary/aromatic N) is 1. The van der Waals surface area contributed by atoms with E-state index in [4.69, 9.17) is 4.74 Å². The van der Waals surface area contributed by atoms with Crippen LogP contribution in [0.3, 0.4) is 0 Å². The number of para-hydroxylation sites is 2. The predicted octanol–water partition coefficient (Wildman–Crippen LogP) is 3.76. The standard InChI is InChI=1S/C21H16N2O6/c24-17-11-9-15(10-12-17)14-5-7-16(8-6-14)21(26)29-13-20(25)22-18-3-1-2-4-19(18)23(27)28/h1-12,24H,13H2,(H,22,25). The van der Waals surface area contributed by atoms with Gasteiger partial charge in [-0.3, -0.25) is 14.9 Å². The lowest BCUT2D eigenvalue weighted by Crippen LogP contribution is -2.21. The van der Waals surface area contributed by atoms with E-state index >= 15 is 0 Å². The predicted molar refractivity (Wildman–Crippen MR) is 106 cm³/mol. The Kier molecular flexibility index (Phi) is 5.84. The number of anilines is 1. The molecule has 2 N–H and O–H groups in total. The summed E-state index contributed by atoms with van der Waals surface area (Å²) in [6.45, 7) is -0.579. The van der Waals surface area contributed by atoms with Gasteiger partial charge in [0.05, 0.1) is 10.5 Å². The van der Waals surface area contributed by atoms with Gasteiger partial charge in [-0.2, -0.15) is 0 Å². The van der Waals surface area contributed by atoms with E-state index in [1.54, 1.807) is 54.6 Å². The number of phenols is 1. The Labute approximate surface area is 165 Å². The van der Waals surface area contributed by atoms with Crippen molar-refractivity contribution in [1.29, 1.82) is 0 Å². The number of ether oxygens (including phenoxy) is 1. The summed E-state index contributed by atoms with van der Waals surface area (Å²) in [6, 6.07) is 18.9. The third-order valence-corrected chi connectivity index (χ3v) is 4.03. The Morgan fingerprint density at radius 3 is 2.14 bits per heavy atom. The van der Waals surface area contributed by atoms with Crippen LogP contribution in [-0.4, -0.2) is 28.5 Å². The highest BCUT2D eigenvalue weighted by Crippen LogP contribution is 2.24. The molecule has 0 fully saturated rings. The summed E-state index contributed by atoms with van der Waals surface area (Å²) in [6.07, 6.45) is 0. The number of esters is 1. The highest BCUT2D eigenvalue weighted by atomic mass is 16.6. The number of benzene rings is 3. The van der Waals surface area contributed by atoms with Crippen molar-refractivity contribution in [2.45, 2.75) is 0 Å². The number of nitrogens with one attached hydrogen (secondary N) is 1. The summed E-state index contributed by atoms with van der Waals surface area (Å²) in [5.41, 5.74) is 1.74. The number of carbonyl (C=O) groups is 2. The Morgan fingerprint density at radius 1 is 0.931 bits per heavy atom. The summed E-state index contributed by atoms with van der Waals surface area (Å²) in [5.74, 6) is -1.22. The SMILES string of the molecule is O=C(COC(=O)c1ccc(-c2ccc(O)cc2)cc1)Nc1ccccc1[N+](=O)[O-]. The van der Waals surface area contributed by atoms with Crippen molar-refractivity contribution >= 4 is 23.3 Å². The number of nitro groups is 1. The molecule has 0 aliphatic carbocycles. The lowest BCUT2D eigenvalue weighted by molar-refractivity contribution is -0.383. The molecule has 8 nitrogen and oxygen atoms in total. The second-order valence-electron chi connectivity index (χ2n) is 6.02. The summed E-state index contributed by atoms with van der Waals surface area (Å²) in [7, 11) is 0. The van der Waals surface area contributed by atoms with Gasteiger partial charge in [0.2, 0.25) is 0 Å². The molecule has 3 aromatic rings. The van der Waals surface area contributed by atoms with Crippen LogP contribution in [-0.2, 0) is 9.53 Å². The van der Waals surface area contributed by atoms with E-state index in [0.29, 0.717) is 0 Å². The summed E-state index contributed by atoms with van der Waals surface area (Å²) < 4.78 is 4.97. The van der Waals surface area contributed by atoms with E-state index < -0.39 is 23.4 Å². The number of nitro benzene ring substituents is 1. The topological polar surface area (TPSA) is 119 Å². The maximum absolute atomic E-state index is 12.1. The molecule has 0 saturated heterocycles. The zero-order valence-electron chi connectivity index (χ0n) is 15.1. The van der Waals surface area contributed by atoms with Gasteiger partial charge in [-0.1, -0.05) is 36.4 Å². The fourth-order valence-corrected chi connectivity index (χ4v) is 2.59. The molecule has 0 heterocycles. The highest BCUT2D eigenvalue weighted by Gasteiger charge is 2.16. The van der Waals surface area contributed by atoms with Crippen LogP contribution in [0.1, 0.15) is 10.4 Å². The van der Waals surface area contributed by atoms with E-state index in [1.165, 1.54) is 18.2 Å². The fraction of sp³-hybridized carbons (Fsp3) is 0.0476. The van der Waals surface area contributed by atoms with Gasteiger partial charge in [0.25, 0.3) is 11.6 Å². The molecule has 0 saturated carbocycles. The van der Waals surface area contributed by atoms with Crippen molar-refractivity contribution in [3.05, 3.63) is 88.5 Å². The van der Waals surface area contributed by atoms with Gasteiger partial charge in [-0.25, -0.2) is 4.79 Å².